The second-order valence-corrected chi connectivity index (χ2v) is 6.38. The zero-order chi connectivity index (χ0) is 17.1. The molecule has 0 atom stereocenters. The van der Waals surface area contributed by atoms with Crippen molar-refractivity contribution in [3.8, 4) is 0 Å². The summed E-state index contributed by atoms with van der Waals surface area (Å²) >= 11 is 5.98. The SMILES string of the molecule is NC(=O)c1cccc2c1CCCN2C(=O)CCc1cccc(Cl)c1. The molecule has 2 aromatic carbocycles. The molecule has 0 fully saturated rings. The lowest BCUT2D eigenvalue weighted by molar-refractivity contribution is -0.118. The van der Waals surface area contributed by atoms with Crippen molar-refractivity contribution in [3.63, 3.8) is 0 Å². The van der Waals surface area contributed by atoms with Gasteiger partial charge in [-0.2, -0.15) is 0 Å². The first-order chi connectivity index (χ1) is 11.6. The van der Waals surface area contributed by atoms with E-state index in [0.29, 0.717) is 30.0 Å². The molecule has 0 aromatic heterocycles. The van der Waals surface area contributed by atoms with Crippen LogP contribution in [0.4, 0.5) is 5.69 Å². The van der Waals surface area contributed by atoms with Crippen LogP contribution in [0.2, 0.25) is 5.02 Å². The number of aryl methyl sites for hydroxylation is 1. The first kappa shape index (κ1) is 16.5. The monoisotopic (exact) mass is 342 g/mol. The summed E-state index contributed by atoms with van der Waals surface area (Å²) in [5, 5.41) is 0.675. The van der Waals surface area contributed by atoms with Gasteiger partial charge in [0.2, 0.25) is 11.8 Å². The van der Waals surface area contributed by atoms with Gasteiger partial charge >= 0.3 is 0 Å². The summed E-state index contributed by atoms with van der Waals surface area (Å²) < 4.78 is 0. The van der Waals surface area contributed by atoms with E-state index in [0.717, 1.165) is 29.7 Å². The van der Waals surface area contributed by atoms with Crippen LogP contribution in [0.5, 0.6) is 0 Å². The quantitative estimate of drug-likeness (QED) is 0.926. The Morgan fingerprint density at radius 1 is 1.17 bits per heavy atom. The third kappa shape index (κ3) is 3.44. The minimum absolute atomic E-state index is 0.0533. The summed E-state index contributed by atoms with van der Waals surface area (Å²) in [5.74, 6) is -0.391. The number of hydrogen-bond acceptors (Lipinski definition) is 2. The number of primary amides is 1. The molecule has 0 aliphatic carbocycles. The Morgan fingerprint density at radius 3 is 2.71 bits per heavy atom. The molecule has 0 saturated carbocycles. The number of amides is 2. The maximum Gasteiger partial charge on any atom is 0.249 e. The molecular formula is C19H19ClN2O2. The average Bonchev–Trinajstić information content (AvgIpc) is 2.58. The predicted octanol–water partition coefficient (Wildman–Crippen LogP) is 3.35. The van der Waals surface area contributed by atoms with Gasteiger partial charge in [-0.3, -0.25) is 9.59 Å². The summed E-state index contributed by atoms with van der Waals surface area (Å²) in [6, 6.07) is 12.9. The van der Waals surface area contributed by atoms with Gasteiger partial charge in [-0.05, 0) is 54.7 Å². The zero-order valence-corrected chi connectivity index (χ0v) is 14.1. The van der Waals surface area contributed by atoms with Gasteiger partial charge in [0, 0.05) is 29.2 Å². The maximum atomic E-state index is 12.7. The van der Waals surface area contributed by atoms with Crippen LogP contribution in [0.1, 0.15) is 34.3 Å². The number of fused-ring (bicyclic) bond motifs is 1. The number of carbonyl (C=O) groups excluding carboxylic acids is 2. The van der Waals surface area contributed by atoms with Crippen molar-refractivity contribution >= 4 is 29.1 Å². The Balaban J connectivity index is 1.78. The van der Waals surface area contributed by atoms with Crippen molar-refractivity contribution < 1.29 is 9.59 Å². The fourth-order valence-corrected chi connectivity index (χ4v) is 3.41. The number of nitrogens with zero attached hydrogens (tertiary/aromatic N) is 1. The smallest absolute Gasteiger partial charge is 0.249 e. The molecular weight excluding hydrogens is 324 g/mol. The van der Waals surface area contributed by atoms with Gasteiger partial charge in [0.1, 0.15) is 0 Å². The molecule has 1 aliphatic heterocycles. The molecule has 1 aliphatic rings. The second-order valence-electron chi connectivity index (χ2n) is 5.95. The van der Waals surface area contributed by atoms with Crippen molar-refractivity contribution in [3.05, 3.63) is 64.2 Å². The van der Waals surface area contributed by atoms with Crippen LogP contribution < -0.4 is 10.6 Å². The number of rotatable bonds is 4. The molecule has 3 rings (SSSR count). The van der Waals surface area contributed by atoms with Crippen LogP contribution in [-0.4, -0.2) is 18.4 Å². The molecule has 124 valence electrons. The van der Waals surface area contributed by atoms with Crippen molar-refractivity contribution in [1.29, 1.82) is 0 Å². The average molecular weight is 343 g/mol. The van der Waals surface area contributed by atoms with E-state index in [1.165, 1.54) is 0 Å². The van der Waals surface area contributed by atoms with Crippen molar-refractivity contribution in [2.24, 2.45) is 5.73 Å². The van der Waals surface area contributed by atoms with Gasteiger partial charge in [-0.25, -0.2) is 0 Å². The van der Waals surface area contributed by atoms with Gasteiger partial charge in [-0.1, -0.05) is 29.8 Å². The zero-order valence-electron chi connectivity index (χ0n) is 13.3. The van der Waals surface area contributed by atoms with Gasteiger partial charge in [0.15, 0.2) is 0 Å². The van der Waals surface area contributed by atoms with E-state index in [2.05, 4.69) is 0 Å². The van der Waals surface area contributed by atoms with Crippen LogP contribution in [-0.2, 0) is 17.6 Å². The fraction of sp³-hybridized carbons (Fsp3) is 0.263. The van der Waals surface area contributed by atoms with Gasteiger partial charge < -0.3 is 10.6 Å². The van der Waals surface area contributed by atoms with E-state index in [1.54, 1.807) is 17.0 Å². The standard InChI is InChI=1S/C19H19ClN2O2/c20-14-5-1-4-13(12-14)9-10-18(23)22-11-3-7-15-16(19(21)24)6-2-8-17(15)22/h1-2,4-6,8,12H,3,7,9-11H2,(H2,21,24). The number of halogens is 1. The normalized spacial score (nSPS) is 13.5. The molecule has 0 saturated heterocycles. The predicted molar refractivity (Wildman–Crippen MR) is 95.4 cm³/mol. The third-order valence-corrected chi connectivity index (χ3v) is 4.57. The highest BCUT2D eigenvalue weighted by Crippen LogP contribution is 2.30. The van der Waals surface area contributed by atoms with Crippen LogP contribution in [0, 0.1) is 0 Å². The lowest BCUT2D eigenvalue weighted by atomic mass is 9.95. The summed E-state index contributed by atoms with van der Waals surface area (Å²) in [6.07, 6.45) is 2.65. The number of carbonyl (C=O) groups is 2. The molecule has 4 nitrogen and oxygen atoms in total. The fourth-order valence-electron chi connectivity index (χ4n) is 3.19. The summed E-state index contributed by atoms with van der Waals surface area (Å²) in [7, 11) is 0. The Labute approximate surface area is 146 Å². The van der Waals surface area contributed by atoms with Gasteiger partial charge in [0.05, 0.1) is 0 Å². The molecule has 0 bridgehead atoms. The molecule has 0 radical (unpaired) electrons. The molecule has 2 aromatic rings. The molecule has 0 spiro atoms. The Bertz CT molecular complexity index is 789. The Morgan fingerprint density at radius 2 is 1.96 bits per heavy atom. The van der Waals surface area contributed by atoms with E-state index in [9.17, 15) is 9.59 Å². The lowest BCUT2D eigenvalue weighted by Gasteiger charge is -2.30. The molecule has 2 N–H and O–H groups in total. The molecule has 5 heteroatoms. The van der Waals surface area contributed by atoms with Crippen molar-refractivity contribution in [2.75, 3.05) is 11.4 Å². The van der Waals surface area contributed by atoms with Crippen molar-refractivity contribution in [2.45, 2.75) is 25.7 Å². The topological polar surface area (TPSA) is 63.4 Å². The van der Waals surface area contributed by atoms with Crippen LogP contribution >= 0.6 is 11.6 Å². The Kier molecular flexibility index (Phi) is 4.86. The lowest BCUT2D eigenvalue weighted by Crippen LogP contribution is -2.36. The van der Waals surface area contributed by atoms with E-state index < -0.39 is 5.91 Å². The Hall–Kier alpha value is -2.33. The highest BCUT2D eigenvalue weighted by Gasteiger charge is 2.25. The third-order valence-electron chi connectivity index (χ3n) is 4.33. The second kappa shape index (κ2) is 7.05. The first-order valence-corrected chi connectivity index (χ1v) is 8.40. The summed E-state index contributed by atoms with van der Waals surface area (Å²) in [4.78, 5) is 26.0. The number of nitrogens with two attached hydrogens (primary N) is 1. The molecule has 2 amide bonds. The summed E-state index contributed by atoms with van der Waals surface area (Å²) in [5.41, 5.74) is 8.70. The van der Waals surface area contributed by atoms with Gasteiger partial charge in [0.25, 0.3) is 0 Å². The number of anilines is 1. The van der Waals surface area contributed by atoms with Crippen LogP contribution in [0.3, 0.4) is 0 Å². The number of hydrogen-bond donors (Lipinski definition) is 1. The first-order valence-electron chi connectivity index (χ1n) is 8.03. The van der Waals surface area contributed by atoms with Crippen LogP contribution in [0.25, 0.3) is 0 Å². The molecule has 1 heterocycles. The maximum absolute atomic E-state index is 12.7. The minimum Gasteiger partial charge on any atom is -0.366 e. The van der Waals surface area contributed by atoms with Gasteiger partial charge in [-0.15, -0.1) is 0 Å². The van der Waals surface area contributed by atoms with E-state index in [4.69, 9.17) is 17.3 Å². The largest absolute Gasteiger partial charge is 0.366 e. The highest BCUT2D eigenvalue weighted by atomic mass is 35.5. The van der Waals surface area contributed by atoms with E-state index in [1.807, 2.05) is 30.3 Å². The highest BCUT2D eigenvalue weighted by molar-refractivity contribution is 6.30. The van der Waals surface area contributed by atoms with Crippen molar-refractivity contribution in [1.82, 2.24) is 0 Å². The minimum atomic E-state index is -0.444. The summed E-state index contributed by atoms with van der Waals surface area (Å²) in [6.45, 7) is 0.670. The van der Waals surface area contributed by atoms with Crippen LogP contribution in [0.15, 0.2) is 42.5 Å². The number of benzene rings is 2. The van der Waals surface area contributed by atoms with E-state index in [-0.39, 0.29) is 5.91 Å². The molecule has 0 unspecified atom stereocenters. The van der Waals surface area contributed by atoms with E-state index >= 15 is 0 Å². The molecule has 24 heavy (non-hydrogen) atoms.